The summed E-state index contributed by atoms with van der Waals surface area (Å²) in [5.74, 6) is 3.17. The molecule has 4 aromatic carbocycles. The minimum Gasteiger partial charge on any atom is -0.459 e. The van der Waals surface area contributed by atoms with E-state index in [0.717, 1.165) is 63.0 Å². The van der Waals surface area contributed by atoms with E-state index >= 15 is 0 Å². The smallest absolute Gasteiger partial charge is 0.164 e. The molecule has 7 rings (SSSR count). The van der Waals surface area contributed by atoms with Crippen LogP contribution < -0.4 is 0 Å². The van der Waals surface area contributed by atoms with Crippen molar-refractivity contribution < 1.29 is 4.42 Å². The topological polar surface area (TPSA) is 51.8 Å². The van der Waals surface area contributed by atoms with Crippen molar-refractivity contribution in [3.8, 4) is 33.9 Å². The molecule has 1 aliphatic rings. The second kappa shape index (κ2) is 12.6. The van der Waals surface area contributed by atoms with Crippen LogP contribution in [0.5, 0.6) is 0 Å². The van der Waals surface area contributed by atoms with Crippen LogP contribution in [-0.4, -0.2) is 15.0 Å². The Morgan fingerprint density at radius 2 is 1.38 bits per heavy atom. The van der Waals surface area contributed by atoms with Crippen molar-refractivity contribution in [2.75, 3.05) is 0 Å². The largest absolute Gasteiger partial charge is 0.459 e. The summed E-state index contributed by atoms with van der Waals surface area (Å²) in [5.41, 5.74) is 8.29. The summed E-state index contributed by atoms with van der Waals surface area (Å²) in [4.78, 5) is 15.1. The van der Waals surface area contributed by atoms with Gasteiger partial charge in [-0.15, -0.1) is 0 Å². The van der Waals surface area contributed by atoms with Gasteiger partial charge in [0, 0.05) is 39.1 Å². The number of benzene rings is 4. The predicted molar refractivity (Wildman–Crippen MR) is 185 cm³/mol. The quantitative estimate of drug-likeness (QED) is 0.167. The van der Waals surface area contributed by atoms with Gasteiger partial charge >= 0.3 is 0 Å². The second-order valence-corrected chi connectivity index (χ2v) is 11.3. The summed E-state index contributed by atoms with van der Waals surface area (Å²) in [6.07, 6.45) is 13.8. The van der Waals surface area contributed by atoms with E-state index in [4.69, 9.17) is 19.4 Å². The van der Waals surface area contributed by atoms with Crippen LogP contribution in [-0.2, 0) is 6.42 Å². The number of nitrogens with zero attached hydrogens (tertiary/aromatic N) is 3. The first-order chi connectivity index (χ1) is 22.2. The molecule has 0 radical (unpaired) electrons. The van der Waals surface area contributed by atoms with E-state index in [1.54, 1.807) is 6.08 Å². The Hall–Kier alpha value is -5.61. The van der Waals surface area contributed by atoms with Gasteiger partial charge in [0.05, 0.1) is 0 Å². The Morgan fingerprint density at radius 1 is 0.711 bits per heavy atom. The number of aromatic nitrogens is 3. The van der Waals surface area contributed by atoms with Crippen LogP contribution >= 0.6 is 0 Å². The lowest BCUT2D eigenvalue weighted by Crippen LogP contribution is -2.08. The summed E-state index contributed by atoms with van der Waals surface area (Å²) in [6, 6.07) is 35.4. The molecule has 1 unspecified atom stereocenters. The Bertz CT molecular complexity index is 2070. The molecule has 45 heavy (non-hydrogen) atoms. The van der Waals surface area contributed by atoms with Gasteiger partial charge in [0.1, 0.15) is 11.3 Å². The van der Waals surface area contributed by atoms with Crippen LogP contribution in [0.15, 0.2) is 151 Å². The fourth-order valence-electron chi connectivity index (χ4n) is 5.87. The van der Waals surface area contributed by atoms with Crippen molar-refractivity contribution in [1.29, 1.82) is 0 Å². The molecule has 4 nitrogen and oxygen atoms in total. The number of para-hydroxylation sites is 1. The van der Waals surface area contributed by atoms with Gasteiger partial charge in [-0.1, -0.05) is 153 Å². The van der Waals surface area contributed by atoms with E-state index in [1.165, 1.54) is 5.56 Å². The average Bonchev–Trinajstić information content (AvgIpc) is 3.50. The maximum atomic E-state index is 6.71. The van der Waals surface area contributed by atoms with E-state index in [-0.39, 0.29) is 5.92 Å². The lowest BCUT2D eigenvalue weighted by Gasteiger charge is -2.18. The standard InChI is InChI=1S/C41H33N3O/c1-3-4-5-6-9-15-29-23-25-32(26-24-29)40-42-39(31-18-12-8-13-19-31)43-41(44-40)35-27-22-28(2)37-36(35)34-21-14-20-33(38(34)45-37)30-16-10-7-11-17-30/h3-14,16-21,23-28H,1,15,22H2,2H3/b5-4-,9-6-. The molecule has 0 bridgehead atoms. The van der Waals surface area contributed by atoms with Crippen LogP contribution in [0.2, 0.25) is 0 Å². The van der Waals surface area contributed by atoms with Gasteiger partial charge in [-0.05, 0) is 24.0 Å². The number of hydrogen-bond donors (Lipinski definition) is 0. The summed E-state index contributed by atoms with van der Waals surface area (Å²) in [5, 5.41) is 1.08. The molecule has 2 heterocycles. The summed E-state index contributed by atoms with van der Waals surface area (Å²) >= 11 is 0. The van der Waals surface area contributed by atoms with Gasteiger partial charge in [-0.2, -0.15) is 0 Å². The lowest BCUT2D eigenvalue weighted by molar-refractivity contribution is 0.503. The minimum atomic E-state index is 0.239. The van der Waals surface area contributed by atoms with E-state index in [0.29, 0.717) is 17.5 Å². The third-order valence-electron chi connectivity index (χ3n) is 8.19. The normalized spacial score (nSPS) is 14.6. The highest BCUT2D eigenvalue weighted by molar-refractivity contribution is 6.02. The fourth-order valence-corrected chi connectivity index (χ4v) is 5.87. The van der Waals surface area contributed by atoms with Crippen LogP contribution in [0.4, 0.5) is 0 Å². The first-order valence-corrected chi connectivity index (χ1v) is 15.4. The van der Waals surface area contributed by atoms with Crippen molar-refractivity contribution in [3.63, 3.8) is 0 Å². The Morgan fingerprint density at radius 3 is 2.09 bits per heavy atom. The molecule has 0 spiro atoms. The molecular weight excluding hydrogens is 550 g/mol. The lowest BCUT2D eigenvalue weighted by atomic mass is 9.87. The fraction of sp³-hybridized carbons (Fsp3) is 0.0976. The zero-order valence-electron chi connectivity index (χ0n) is 25.2. The first-order valence-electron chi connectivity index (χ1n) is 15.4. The van der Waals surface area contributed by atoms with Gasteiger partial charge in [-0.25, -0.2) is 15.0 Å². The number of allylic oxidation sites excluding steroid dienone is 6. The van der Waals surface area contributed by atoms with Crippen molar-refractivity contribution in [2.45, 2.75) is 25.7 Å². The summed E-state index contributed by atoms with van der Waals surface area (Å²) in [7, 11) is 0. The van der Waals surface area contributed by atoms with Crippen molar-refractivity contribution in [2.24, 2.45) is 0 Å². The van der Waals surface area contributed by atoms with Crippen LogP contribution in [0.1, 0.15) is 42.0 Å². The summed E-state index contributed by atoms with van der Waals surface area (Å²) < 4.78 is 6.71. The zero-order valence-corrected chi connectivity index (χ0v) is 25.2. The second-order valence-electron chi connectivity index (χ2n) is 11.3. The van der Waals surface area contributed by atoms with Crippen molar-refractivity contribution >= 4 is 16.5 Å². The average molecular weight is 584 g/mol. The van der Waals surface area contributed by atoms with Gasteiger partial charge in [-0.3, -0.25) is 0 Å². The van der Waals surface area contributed by atoms with Crippen LogP contribution in [0.25, 0.3) is 50.4 Å². The third-order valence-corrected chi connectivity index (χ3v) is 8.19. The monoisotopic (exact) mass is 583 g/mol. The van der Waals surface area contributed by atoms with Gasteiger partial charge < -0.3 is 4.42 Å². The predicted octanol–water partition coefficient (Wildman–Crippen LogP) is 10.4. The molecule has 0 aliphatic heterocycles. The molecule has 1 aliphatic carbocycles. The number of rotatable bonds is 8. The molecule has 0 amide bonds. The van der Waals surface area contributed by atoms with Gasteiger partial charge in [0.25, 0.3) is 0 Å². The van der Waals surface area contributed by atoms with Gasteiger partial charge in [0.2, 0.25) is 0 Å². The Labute approximate surface area is 263 Å². The van der Waals surface area contributed by atoms with Crippen LogP contribution in [0.3, 0.4) is 0 Å². The highest BCUT2D eigenvalue weighted by atomic mass is 16.3. The molecule has 0 saturated carbocycles. The molecule has 1 atom stereocenters. The number of furan rings is 1. The van der Waals surface area contributed by atoms with Gasteiger partial charge in [0.15, 0.2) is 17.5 Å². The molecule has 0 N–H and O–H groups in total. The highest BCUT2D eigenvalue weighted by Crippen LogP contribution is 2.45. The molecular formula is C41H33N3O. The molecule has 0 saturated heterocycles. The van der Waals surface area contributed by atoms with E-state index in [2.05, 4.69) is 92.4 Å². The van der Waals surface area contributed by atoms with Crippen molar-refractivity contribution in [1.82, 2.24) is 15.0 Å². The Balaban J connectivity index is 1.34. The van der Waals surface area contributed by atoms with Crippen molar-refractivity contribution in [3.05, 3.63) is 169 Å². The molecule has 2 aromatic heterocycles. The maximum Gasteiger partial charge on any atom is 0.164 e. The van der Waals surface area contributed by atoms with E-state index in [1.807, 2.05) is 54.6 Å². The molecule has 218 valence electrons. The zero-order chi connectivity index (χ0) is 30.6. The number of fused-ring (bicyclic) bond motifs is 3. The third kappa shape index (κ3) is 5.71. The summed E-state index contributed by atoms with van der Waals surface area (Å²) in [6.45, 7) is 5.93. The Kier molecular flexibility index (Phi) is 7.86. The SMILES string of the molecule is C=C/C=C\C=C/Cc1ccc(-c2nc(C3=CCC(C)c4oc5c(-c6ccccc6)cccc5c43)nc(-c3ccccc3)n2)cc1. The molecule has 0 fully saturated rings. The van der Waals surface area contributed by atoms with Crippen LogP contribution in [0, 0.1) is 0 Å². The first kappa shape index (κ1) is 28.2. The highest BCUT2D eigenvalue weighted by Gasteiger charge is 2.29. The maximum absolute atomic E-state index is 6.71. The van der Waals surface area contributed by atoms with E-state index in [9.17, 15) is 0 Å². The number of hydrogen-bond acceptors (Lipinski definition) is 4. The molecule has 6 aromatic rings. The minimum absolute atomic E-state index is 0.239. The van der Waals surface area contributed by atoms with E-state index < -0.39 is 0 Å². The molecule has 4 heteroatoms.